The molecular weight excluding hydrogens is 291 g/mol. The molecule has 1 fully saturated rings. The van der Waals surface area contributed by atoms with Crippen LogP contribution >= 0.6 is 0 Å². The maximum absolute atomic E-state index is 13.6. The fraction of sp³-hybridized carbons (Fsp3) is 0.316. The molecule has 1 aliphatic rings. The van der Waals surface area contributed by atoms with Gasteiger partial charge in [0.1, 0.15) is 5.82 Å². The number of halogens is 1. The van der Waals surface area contributed by atoms with Crippen molar-refractivity contribution in [1.29, 1.82) is 0 Å². The van der Waals surface area contributed by atoms with Gasteiger partial charge in [-0.05, 0) is 49.2 Å². The van der Waals surface area contributed by atoms with Crippen LogP contribution in [-0.4, -0.2) is 37.0 Å². The van der Waals surface area contributed by atoms with Crippen LogP contribution in [0, 0.1) is 19.7 Å². The number of hydrogen-bond donors (Lipinski definition) is 0. The molecule has 0 aliphatic carbocycles. The lowest BCUT2D eigenvalue weighted by Gasteiger charge is -2.36. The van der Waals surface area contributed by atoms with E-state index in [1.807, 2.05) is 0 Å². The maximum atomic E-state index is 13.6. The molecule has 1 heterocycles. The second-order valence-electron chi connectivity index (χ2n) is 6.08. The Balaban J connectivity index is 1.66. The minimum Gasteiger partial charge on any atom is -0.368 e. The highest BCUT2D eigenvalue weighted by Crippen LogP contribution is 2.19. The number of benzene rings is 2. The Morgan fingerprint density at radius 1 is 1.00 bits per heavy atom. The molecule has 1 aliphatic heterocycles. The Morgan fingerprint density at radius 2 is 1.74 bits per heavy atom. The topological polar surface area (TPSA) is 23.6 Å². The molecule has 3 rings (SSSR count). The molecule has 0 saturated carbocycles. The van der Waals surface area contributed by atoms with Crippen molar-refractivity contribution in [1.82, 2.24) is 4.90 Å². The summed E-state index contributed by atoms with van der Waals surface area (Å²) in [6.45, 7) is 6.68. The molecule has 4 heteroatoms. The van der Waals surface area contributed by atoms with E-state index in [0.717, 1.165) is 13.1 Å². The average Bonchev–Trinajstić information content (AvgIpc) is 2.57. The smallest absolute Gasteiger partial charge is 0.254 e. The molecule has 0 unspecified atom stereocenters. The summed E-state index contributed by atoms with van der Waals surface area (Å²) < 4.78 is 13.6. The summed E-state index contributed by atoms with van der Waals surface area (Å²) in [6, 6.07) is 13.1. The van der Waals surface area contributed by atoms with Crippen molar-refractivity contribution in [3.05, 3.63) is 65.0 Å². The fourth-order valence-corrected chi connectivity index (χ4v) is 2.90. The summed E-state index contributed by atoms with van der Waals surface area (Å²) >= 11 is 0. The third kappa shape index (κ3) is 3.36. The molecule has 23 heavy (non-hydrogen) atoms. The zero-order valence-electron chi connectivity index (χ0n) is 13.6. The van der Waals surface area contributed by atoms with E-state index >= 15 is 0 Å². The van der Waals surface area contributed by atoms with Gasteiger partial charge in [0.05, 0.1) is 0 Å². The van der Waals surface area contributed by atoms with Crippen molar-refractivity contribution in [3.8, 4) is 0 Å². The third-order valence-electron chi connectivity index (χ3n) is 4.35. The van der Waals surface area contributed by atoms with Crippen LogP contribution in [0.4, 0.5) is 10.1 Å². The molecule has 0 atom stereocenters. The number of aryl methyl sites for hydroxylation is 2. The van der Waals surface area contributed by atoms with Gasteiger partial charge in [0.2, 0.25) is 0 Å². The van der Waals surface area contributed by atoms with E-state index in [0.29, 0.717) is 24.2 Å². The summed E-state index contributed by atoms with van der Waals surface area (Å²) in [5.41, 5.74) is 3.41. The first-order chi connectivity index (χ1) is 11.0. The van der Waals surface area contributed by atoms with Crippen molar-refractivity contribution in [2.75, 3.05) is 31.1 Å². The predicted molar refractivity (Wildman–Crippen MR) is 90.4 cm³/mol. The molecule has 120 valence electrons. The van der Waals surface area contributed by atoms with Gasteiger partial charge in [0, 0.05) is 37.4 Å². The number of carbonyl (C=O) groups is 1. The fourth-order valence-electron chi connectivity index (χ4n) is 2.90. The molecule has 0 radical (unpaired) electrons. The van der Waals surface area contributed by atoms with Crippen LogP contribution in [-0.2, 0) is 0 Å². The number of carbonyl (C=O) groups excluding carboxylic acids is 1. The van der Waals surface area contributed by atoms with Crippen LogP contribution in [0.25, 0.3) is 0 Å². The molecule has 0 N–H and O–H groups in total. The Bertz CT molecular complexity index is 721. The Morgan fingerprint density at radius 3 is 2.39 bits per heavy atom. The number of rotatable bonds is 2. The van der Waals surface area contributed by atoms with Crippen LogP contribution in [0.2, 0.25) is 0 Å². The Hall–Kier alpha value is -2.36. The largest absolute Gasteiger partial charge is 0.368 e. The van der Waals surface area contributed by atoms with E-state index in [4.69, 9.17) is 0 Å². The maximum Gasteiger partial charge on any atom is 0.254 e. The van der Waals surface area contributed by atoms with Crippen LogP contribution in [0.15, 0.2) is 42.5 Å². The van der Waals surface area contributed by atoms with Crippen molar-refractivity contribution in [2.24, 2.45) is 0 Å². The lowest BCUT2D eigenvalue weighted by Crippen LogP contribution is -2.48. The van der Waals surface area contributed by atoms with Gasteiger partial charge in [-0.2, -0.15) is 0 Å². The van der Waals surface area contributed by atoms with Crippen molar-refractivity contribution in [2.45, 2.75) is 13.8 Å². The van der Waals surface area contributed by atoms with Crippen LogP contribution < -0.4 is 4.90 Å². The van der Waals surface area contributed by atoms with Gasteiger partial charge >= 0.3 is 0 Å². The van der Waals surface area contributed by atoms with Gasteiger partial charge in [0.15, 0.2) is 0 Å². The Kier molecular flexibility index (Phi) is 4.33. The van der Waals surface area contributed by atoms with Crippen LogP contribution in [0.1, 0.15) is 21.5 Å². The molecule has 1 amide bonds. The average molecular weight is 312 g/mol. The molecule has 0 aromatic heterocycles. The van der Waals surface area contributed by atoms with E-state index < -0.39 is 0 Å². The van der Waals surface area contributed by atoms with Gasteiger partial charge in [-0.25, -0.2) is 4.39 Å². The van der Waals surface area contributed by atoms with Crippen molar-refractivity contribution < 1.29 is 9.18 Å². The lowest BCUT2D eigenvalue weighted by atomic mass is 10.1. The zero-order valence-corrected chi connectivity index (χ0v) is 13.6. The van der Waals surface area contributed by atoms with Gasteiger partial charge in [-0.1, -0.05) is 18.2 Å². The summed E-state index contributed by atoms with van der Waals surface area (Å²) in [6.07, 6.45) is 0. The van der Waals surface area contributed by atoms with E-state index in [9.17, 15) is 9.18 Å². The van der Waals surface area contributed by atoms with Gasteiger partial charge in [-0.3, -0.25) is 4.79 Å². The molecule has 1 saturated heterocycles. The Labute approximate surface area is 136 Å². The summed E-state index contributed by atoms with van der Waals surface area (Å²) in [4.78, 5) is 16.6. The van der Waals surface area contributed by atoms with Gasteiger partial charge < -0.3 is 9.80 Å². The minimum absolute atomic E-state index is 0.0900. The molecule has 2 aromatic rings. The van der Waals surface area contributed by atoms with Crippen molar-refractivity contribution in [3.63, 3.8) is 0 Å². The summed E-state index contributed by atoms with van der Waals surface area (Å²) in [5, 5.41) is 0. The minimum atomic E-state index is -0.325. The van der Waals surface area contributed by atoms with Gasteiger partial charge in [-0.15, -0.1) is 0 Å². The zero-order chi connectivity index (χ0) is 16.4. The number of anilines is 1. The first kappa shape index (κ1) is 15.5. The molecule has 0 bridgehead atoms. The highest BCUT2D eigenvalue weighted by Gasteiger charge is 2.22. The second-order valence-corrected chi connectivity index (χ2v) is 6.08. The number of hydrogen-bond acceptors (Lipinski definition) is 2. The van der Waals surface area contributed by atoms with Crippen LogP contribution in [0.3, 0.4) is 0 Å². The molecule has 0 spiro atoms. The highest BCUT2D eigenvalue weighted by atomic mass is 19.1. The SMILES string of the molecule is Cc1cccc(N2CCN(C(=O)c3ccc(C)c(F)c3)CC2)c1. The van der Waals surface area contributed by atoms with E-state index in [2.05, 4.69) is 36.1 Å². The predicted octanol–water partition coefficient (Wildman–Crippen LogP) is 3.40. The number of amides is 1. The van der Waals surface area contributed by atoms with Gasteiger partial charge in [0.25, 0.3) is 5.91 Å². The monoisotopic (exact) mass is 312 g/mol. The molecule has 3 nitrogen and oxygen atoms in total. The highest BCUT2D eigenvalue weighted by molar-refractivity contribution is 5.94. The van der Waals surface area contributed by atoms with Crippen molar-refractivity contribution >= 4 is 11.6 Å². The first-order valence-corrected chi connectivity index (χ1v) is 7.91. The first-order valence-electron chi connectivity index (χ1n) is 7.91. The standard InChI is InChI=1S/C19H21FN2O/c1-14-4-3-5-17(12-14)21-8-10-22(11-9-21)19(23)16-7-6-15(2)18(20)13-16/h3-7,12-13H,8-11H2,1-2H3. The third-order valence-corrected chi connectivity index (χ3v) is 4.35. The molecule has 2 aromatic carbocycles. The second kappa shape index (κ2) is 6.41. The summed E-state index contributed by atoms with van der Waals surface area (Å²) in [7, 11) is 0. The van der Waals surface area contributed by atoms with E-state index in [1.54, 1.807) is 24.0 Å². The summed E-state index contributed by atoms with van der Waals surface area (Å²) in [5.74, 6) is -0.415. The van der Waals surface area contributed by atoms with E-state index in [1.165, 1.54) is 17.3 Å². The van der Waals surface area contributed by atoms with E-state index in [-0.39, 0.29) is 11.7 Å². The molecular formula is C19H21FN2O. The van der Waals surface area contributed by atoms with Crippen LogP contribution in [0.5, 0.6) is 0 Å². The number of nitrogens with zero attached hydrogens (tertiary/aromatic N) is 2. The lowest BCUT2D eigenvalue weighted by molar-refractivity contribution is 0.0746. The normalized spacial score (nSPS) is 14.9. The number of piperazine rings is 1. The quantitative estimate of drug-likeness (QED) is 0.848.